The minimum absolute atomic E-state index is 0.645. The van der Waals surface area contributed by atoms with Gasteiger partial charge in [0.2, 0.25) is 0 Å². The lowest BCUT2D eigenvalue weighted by atomic mass is 10.0. The molecule has 12 aromatic rings. The normalized spacial score (nSPS) is 11.8. The van der Waals surface area contributed by atoms with E-state index in [-0.39, 0.29) is 0 Å². The molecule has 0 atom stereocenters. The Bertz CT molecular complexity index is 3490. The Morgan fingerprint density at radius 3 is 1.47 bits per heavy atom. The Labute approximate surface area is 333 Å². The Balaban J connectivity index is 1.07. The zero-order valence-electron chi connectivity index (χ0n) is 31.3. The zero-order valence-corrected chi connectivity index (χ0v) is 31.3. The summed E-state index contributed by atoms with van der Waals surface area (Å²) in [5, 5.41) is 9.78. The Hall–Kier alpha value is -7.89. The topological polar surface area (TPSA) is 48.5 Å². The minimum Gasteiger partial charge on any atom is -0.309 e. The van der Waals surface area contributed by atoms with Crippen LogP contribution in [0.1, 0.15) is 0 Å². The van der Waals surface area contributed by atoms with Gasteiger partial charge in [-0.3, -0.25) is 0 Å². The molecule has 58 heavy (non-hydrogen) atoms. The van der Waals surface area contributed by atoms with Gasteiger partial charge in [-0.15, -0.1) is 0 Å². The molecule has 0 aliphatic heterocycles. The summed E-state index contributed by atoms with van der Waals surface area (Å²) in [6.45, 7) is 0. The van der Waals surface area contributed by atoms with Crippen LogP contribution in [0, 0.1) is 0 Å². The third-order valence-corrected chi connectivity index (χ3v) is 11.5. The van der Waals surface area contributed by atoms with Crippen molar-refractivity contribution in [2.75, 3.05) is 0 Å². The van der Waals surface area contributed by atoms with Crippen LogP contribution in [0.3, 0.4) is 0 Å². The van der Waals surface area contributed by atoms with Crippen molar-refractivity contribution >= 4 is 65.2 Å². The molecule has 0 bridgehead atoms. The average Bonchev–Trinajstić information content (AvgIpc) is 3.82. The van der Waals surface area contributed by atoms with Crippen molar-refractivity contribution in [3.8, 4) is 45.5 Å². The summed E-state index contributed by atoms with van der Waals surface area (Å²) in [6.07, 6.45) is 0. The first-order valence-corrected chi connectivity index (χ1v) is 19.6. The maximum Gasteiger partial charge on any atom is 0.164 e. The Morgan fingerprint density at radius 1 is 0.276 bits per heavy atom. The van der Waals surface area contributed by atoms with E-state index in [1.807, 2.05) is 60.7 Å². The highest BCUT2D eigenvalue weighted by Crippen LogP contribution is 2.44. The van der Waals surface area contributed by atoms with Gasteiger partial charge < -0.3 is 9.13 Å². The summed E-state index contributed by atoms with van der Waals surface area (Å²) in [4.78, 5) is 14.9. The summed E-state index contributed by atoms with van der Waals surface area (Å²) in [5.41, 5.74) is 9.87. The van der Waals surface area contributed by atoms with E-state index < -0.39 is 0 Å². The number of fused-ring (bicyclic) bond motifs is 10. The fourth-order valence-electron chi connectivity index (χ4n) is 8.91. The number of hydrogen-bond acceptors (Lipinski definition) is 3. The van der Waals surface area contributed by atoms with Crippen LogP contribution in [-0.2, 0) is 0 Å². The molecule has 3 heterocycles. The standard InChI is InChI=1S/C53H33N5/c1-4-15-35(16-5-1)51-54-52(36-17-6-2-7-18-36)56-53(55-51)39-25-24-38-33-41(28-26-37(38)32-39)58-45-29-27-34-14-10-11-21-42(34)48(45)50-47(58)31-30-46-49(50)43-22-12-13-23-44(43)57(46)40-19-8-3-9-20-40/h1-33H. The lowest BCUT2D eigenvalue weighted by Crippen LogP contribution is -2.00. The molecule has 0 radical (unpaired) electrons. The summed E-state index contributed by atoms with van der Waals surface area (Å²) in [5.74, 6) is 1.95. The van der Waals surface area contributed by atoms with Crippen LogP contribution >= 0.6 is 0 Å². The smallest absolute Gasteiger partial charge is 0.164 e. The summed E-state index contributed by atoms with van der Waals surface area (Å²) in [7, 11) is 0. The SMILES string of the molecule is c1ccc(-c2nc(-c3ccccc3)nc(-c3ccc4cc(-n5c6ccc7ccccc7c6c6c7c8ccccc8n(-c8ccccc8)c7ccc65)ccc4c3)n2)cc1. The second-order valence-electron chi connectivity index (χ2n) is 14.8. The van der Waals surface area contributed by atoms with Crippen molar-refractivity contribution in [3.63, 3.8) is 0 Å². The lowest BCUT2D eigenvalue weighted by molar-refractivity contribution is 1.07. The summed E-state index contributed by atoms with van der Waals surface area (Å²) in [6, 6.07) is 71.0. The quantitative estimate of drug-likeness (QED) is 0.177. The Morgan fingerprint density at radius 2 is 0.759 bits per heavy atom. The largest absolute Gasteiger partial charge is 0.309 e. The third kappa shape index (κ3) is 5.00. The number of para-hydroxylation sites is 2. The number of aromatic nitrogens is 5. The van der Waals surface area contributed by atoms with Crippen molar-refractivity contribution in [2.45, 2.75) is 0 Å². The molecule has 0 aliphatic rings. The van der Waals surface area contributed by atoms with Gasteiger partial charge in [-0.05, 0) is 76.1 Å². The molecule has 5 heteroatoms. The van der Waals surface area contributed by atoms with E-state index in [2.05, 4.69) is 149 Å². The van der Waals surface area contributed by atoms with E-state index in [0.29, 0.717) is 17.5 Å². The van der Waals surface area contributed by atoms with Crippen LogP contribution in [0.25, 0.3) is 111 Å². The molecule has 0 saturated heterocycles. The second-order valence-corrected chi connectivity index (χ2v) is 14.8. The van der Waals surface area contributed by atoms with Crippen molar-refractivity contribution in [3.05, 3.63) is 200 Å². The van der Waals surface area contributed by atoms with Crippen LogP contribution in [0.5, 0.6) is 0 Å². The highest BCUT2D eigenvalue weighted by molar-refractivity contribution is 6.33. The molecular weight excluding hydrogens is 707 g/mol. The number of benzene rings is 9. The van der Waals surface area contributed by atoms with Gasteiger partial charge in [-0.2, -0.15) is 0 Å². The van der Waals surface area contributed by atoms with Crippen LogP contribution in [0.15, 0.2) is 200 Å². The molecule has 0 N–H and O–H groups in total. The van der Waals surface area contributed by atoms with Gasteiger partial charge in [0.25, 0.3) is 0 Å². The van der Waals surface area contributed by atoms with Crippen molar-refractivity contribution in [2.24, 2.45) is 0 Å². The van der Waals surface area contributed by atoms with Gasteiger partial charge in [0, 0.05) is 49.6 Å². The van der Waals surface area contributed by atoms with Crippen LogP contribution < -0.4 is 0 Å². The summed E-state index contributed by atoms with van der Waals surface area (Å²) >= 11 is 0. The molecule has 0 spiro atoms. The van der Waals surface area contributed by atoms with Crippen molar-refractivity contribution < 1.29 is 0 Å². The van der Waals surface area contributed by atoms with Crippen molar-refractivity contribution in [1.82, 2.24) is 24.1 Å². The van der Waals surface area contributed by atoms with Gasteiger partial charge in [0.05, 0.1) is 22.1 Å². The van der Waals surface area contributed by atoms with Gasteiger partial charge in [-0.1, -0.05) is 146 Å². The minimum atomic E-state index is 0.645. The average molecular weight is 740 g/mol. The van der Waals surface area contributed by atoms with E-state index in [0.717, 1.165) is 38.8 Å². The van der Waals surface area contributed by atoms with Gasteiger partial charge in [-0.25, -0.2) is 15.0 Å². The van der Waals surface area contributed by atoms with Gasteiger partial charge in [0.15, 0.2) is 17.5 Å². The molecular formula is C53H33N5. The van der Waals surface area contributed by atoms with E-state index in [1.54, 1.807) is 0 Å². The highest BCUT2D eigenvalue weighted by Gasteiger charge is 2.22. The summed E-state index contributed by atoms with van der Waals surface area (Å²) < 4.78 is 4.85. The molecule has 0 aliphatic carbocycles. The fourth-order valence-corrected chi connectivity index (χ4v) is 8.91. The highest BCUT2D eigenvalue weighted by atomic mass is 15.0. The number of rotatable bonds is 5. The molecule has 0 amide bonds. The first kappa shape index (κ1) is 32.4. The first-order valence-electron chi connectivity index (χ1n) is 19.6. The lowest BCUT2D eigenvalue weighted by Gasteiger charge is -2.12. The molecule has 5 nitrogen and oxygen atoms in total. The molecule has 270 valence electrons. The fraction of sp³-hybridized carbons (Fsp3) is 0. The zero-order chi connectivity index (χ0) is 38.2. The molecule has 3 aromatic heterocycles. The maximum absolute atomic E-state index is 5.00. The predicted octanol–water partition coefficient (Wildman–Crippen LogP) is 13.4. The second kappa shape index (κ2) is 12.8. The maximum atomic E-state index is 5.00. The first-order chi connectivity index (χ1) is 28.8. The predicted molar refractivity (Wildman–Crippen MR) is 240 cm³/mol. The van der Waals surface area contributed by atoms with Crippen LogP contribution in [-0.4, -0.2) is 24.1 Å². The van der Waals surface area contributed by atoms with Crippen LogP contribution in [0.2, 0.25) is 0 Å². The molecule has 12 rings (SSSR count). The van der Waals surface area contributed by atoms with E-state index in [4.69, 9.17) is 15.0 Å². The monoisotopic (exact) mass is 739 g/mol. The molecule has 0 saturated carbocycles. The van der Waals surface area contributed by atoms with E-state index >= 15 is 0 Å². The molecule has 0 unspecified atom stereocenters. The van der Waals surface area contributed by atoms with E-state index in [9.17, 15) is 0 Å². The van der Waals surface area contributed by atoms with E-state index in [1.165, 1.54) is 54.4 Å². The molecule has 9 aromatic carbocycles. The molecule has 0 fully saturated rings. The third-order valence-electron chi connectivity index (χ3n) is 11.5. The number of hydrogen-bond donors (Lipinski definition) is 0. The van der Waals surface area contributed by atoms with Gasteiger partial charge in [0.1, 0.15) is 0 Å². The van der Waals surface area contributed by atoms with Crippen molar-refractivity contribution in [1.29, 1.82) is 0 Å². The van der Waals surface area contributed by atoms with Gasteiger partial charge >= 0.3 is 0 Å². The van der Waals surface area contributed by atoms with Crippen LogP contribution in [0.4, 0.5) is 0 Å². The Kier molecular flexibility index (Phi) is 7.16. The number of nitrogens with zero attached hydrogens (tertiary/aromatic N) is 5.